The molecule has 0 aliphatic heterocycles. The van der Waals surface area contributed by atoms with Crippen LogP contribution in [0.25, 0.3) is 110 Å². The maximum atomic E-state index is 6.05. The highest BCUT2D eigenvalue weighted by molar-refractivity contribution is 6.18. The summed E-state index contributed by atoms with van der Waals surface area (Å²) in [6.45, 7) is 0. The van der Waals surface area contributed by atoms with Gasteiger partial charge in [0.1, 0.15) is 11.2 Å². The van der Waals surface area contributed by atoms with Gasteiger partial charge in [-0.05, 0) is 74.5 Å². The number of nitrogens with zero attached hydrogens (tertiary/aromatic N) is 2. The van der Waals surface area contributed by atoms with Crippen molar-refractivity contribution in [1.82, 2.24) is 9.97 Å². The van der Waals surface area contributed by atoms with Crippen LogP contribution in [0.3, 0.4) is 0 Å². The van der Waals surface area contributed by atoms with Gasteiger partial charge in [0.2, 0.25) is 0 Å². The van der Waals surface area contributed by atoms with Crippen LogP contribution in [0, 0.1) is 0 Å². The van der Waals surface area contributed by atoms with Crippen LogP contribution in [0.5, 0.6) is 0 Å². The number of benzene rings is 7. The van der Waals surface area contributed by atoms with Crippen LogP contribution in [-0.2, 0) is 0 Å². The van der Waals surface area contributed by atoms with Crippen molar-refractivity contribution < 1.29 is 4.42 Å². The number of furan rings is 1. The molecule has 0 atom stereocenters. The van der Waals surface area contributed by atoms with Gasteiger partial charge in [-0.25, -0.2) is 9.97 Å². The predicted octanol–water partition coefficient (Wildman–Crippen LogP) is 12.5. The molecule has 0 amide bonds. The molecule has 3 heteroatoms. The zero-order chi connectivity index (χ0) is 32.1. The zero-order valence-corrected chi connectivity index (χ0v) is 26.3. The van der Waals surface area contributed by atoms with E-state index in [1.165, 1.54) is 33.0 Å². The fourth-order valence-corrected chi connectivity index (χ4v) is 7.85. The van der Waals surface area contributed by atoms with Gasteiger partial charge in [0.25, 0.3) is 0 Å². The standard InChI is InChI=1S/C46H26N2O/c1-2-7-33-32(6-1)36-9-5-10-37-34(21-22-38(33)44(36)37)41-24-19-30-17-16-29-18-23-40(47-45(29)46(30)48-41)28-14-12-27(13-15-28)31-20-25-43-39(26-31)35-8-3-4-11-42(35)49-43/h1-26H. The Bertz CT molecular complexity index is 2960. The molecular formula is C46H26N2O. The highest BCUT2D eigenvalue weighted by atomic mass is 16.3. The summed E-state index contributed by atoms with van der Waals surface area (Å²) >= 11 is 0. The number of rotatable bonds is 3. The minimum atomic E-state index is 0.908. The van der Waals surface area contributed by atoms with Gasteiger partial charge in [0, 0.05) is 32.7 Å². The SMILES string of the molecule is c1ccc2c(c1)-c1cccc3c(-c4ccc5ccc6ccc(-c7ccc(-c8ccc9oc%10ccccc%10c9c8)cc7)nc6c5n4)ccc-2c13. The Balaban J connectivity index is 1.00. The van der Waals surface area contributed by atoms with Crippen LogP contribution >= 0.6 is 0 Å². The summed E-state index contributed by atoms with van der Waals surface area (Å²) in [6, 6.07) is 56.0. The molecule has 49 heavy (non-hydrogen) atoms. The molecule has 0 saturated carbocycles. The van der Waals surface area contributed by atoms with Gasteiger partial charge in [0.15, 0.2) is 0 Å². The second-order valence-corrected chi connectivity index (χ2v) is 12.9. The van der Waals surface area contributed by atoms with Crippen LogP contribution in [0.15, 0.2) is 162 Å². The Morgan fingerprint density at radius 2 is 0.918 bits per heavy atom. The van der Waals surface area contributed by atoms with E-state index in [9.17, 15) is 0 Å². The van der Waals surface area contributed by atoms with Gasteiger partial charge in [-0.3, -0.25) is 0 Å². The van der Waals surface area contributed by atoms with Crippen molar-refractivity contribution in [1.29, 1.82) is 0 Å². The largest absolute Gasteiger partial charge is 0.456 e. The summed E-state index contributed by atoms with van der Waals surface area (Å²) in [5, 5.41) is 6.97. The van der Waals surface area contributed by atoms with Crippen molar-refractivity contribution in [2.45, 2.75) is 0 Å². The summed E-state index contributed by atoms with van der Waals surface area (Å²) in [5.41, 5.74) is 15.3. The quantitative estimate of drug-likeness (QED) is 0.184. The minimum Gasteiger partial charge on any atom is -0.456 e. The molecule has 0 bridgehead atoms. The molecule has 3 aromatic heterocycles. The number of fused-ring (bicyclic) bond motifs is 9. The first-order chi connectivity index (χ1) is 24.3. The Kier molecular flexibility index (Phi) is 5.38. The average Bonchev–Trinajstić information content (AvgIpc) is 3.71. The number of para-hydroxylation sites is 1. The summed E-state index contributed by atoms with van der Waals surface area (Å²) in [6.07, 6.45) is 0. The summed E-state index contributed by atoms with van der Waals surface area (Å²) in [5.74, 6) is 0. The third-order valence-electron chi connectivity index (χ3n) is 10.2. The lowest BCUT2D eigenvalue weighted by Crippen LogP contribution is -1.92. The maximum absolute atomic E-state index is 6.05. The van der Waals surface area contributed by atoms with E-state index in [-0.39, 0.29) is 0 Å². The monoisotopic (exact) mass is 622 g/mol. The normalized spacial score (nSPS) is 12.1. The Hall–Kier alpha value is -6.58. The number of hydrogen-bond donors (Lipinski definition) is 0. The van der Waals surface area contributed by atoms with E-state index < -0.39 is 0 Å². The number of hydrogen-bond acceptors (Lipinski definition) is 3. The van der Waals surface area contributed by atoms with E-state index >= 15 is 0 Å². The molecule has 0 saturated heterocycles. The minimum absolute atomic E-state index is 0.908. The van der Waals surface area contributed by atoms with Gasteiger partial charge in [-0.1, -0.05) is 127 Å². The van der Waals surface area contributed by atoms with Crippen molar-refractivity contribution >= 4 is 54.5 Å². The van der Waals surface area contributed by atoms with E-state index in [1.54, 1.807) is 0 Å². The van der Waals surface area contributed by atoms with Gasteiger partial charge in [-0.15, -0.1) is 0 Å². The second kappa shape index (κ2) is 9.96. The lowest BCUT2D eigenvalue weighted by Gasteiger charge is -2.11. The van der Waals surface area contributed by atoms with Crippen LogP contribution in [0.4, 0.5) is 0 Å². The Labute approximate surface area is 281 Å². The molecule has 7 aromatic carbocycles. The van der Waals surface area contributed by atoms with E-state index in [0.29, 0.717) is 0 Å². The molecule has 0 spiro atoms. The van der Waals surface area contributed by atoms with Crippen molar-refractivity contribution in [2.24, 2.45) is 0 Å². The van der Waals surface area contributed by atoms with Gasteiger partial charge < -0.3 is 4.42 Å². The van der Waals surface area contributed by atoms with Crippen molar-refractivity contribution in [3.63, 3.8) is 0 Å². The molecular weight excluding hydrogens is 597 g/mol. The van der Waals surface area contributed by atoms with Crippen molar-refractivity contribution in [3.8, 4) is 55.9 Å². The topological polar surface area (TPSA) is 38.9 Å². The first-order valence-corrected chi connectivity index (χ1v) is 16.7. The average molecular weight is 623 g/mol. The molecule has 1 aliphatic carbocycles. The molecule has 10 aromatic rings. The molecule has 0 fully saturated rings. The van der Waals surface area contributed by atoms with E-state index in [0.717, 1.165) is 77.4 Å². The van der Waals surface area contributed by atoms with E-state index in [2.05, 4.69) is 146 Å². The zero-order valence-electron chi connectivity index (χ0n) is 26.3. The molecule has 0 N–H and O–H groups in total. The van der Waals surface area contributed by atoms with Gasteiger partial charge in [0.05, 0.1) is 22.4 Å². The Morgan fingerprint density at radius 3 is 1.73 bits per heavy atom. The summed E-state index contributed by atoms with van der Waals surface area (Å²) < 4.78 is 6.05. The van der Waals surface area contributed by atoms with Crippen LogP contribution in [-0.4, -0.2) is 9.97 Å². The van der Waals surface area contributed by atoms with Crippen molar-refractivity contribution in [3.05, 3.63) is 158 Å². The third kappa shape index (κ3) is 3.90. The fourth-order valence-electron chi connectivity index (χ4n) is 7.85. The Morgan fingerprint density at radius 1 is 0.347 bits per heavy atom. The molecule has 11 rings (SSSR count). The second-order valence-electron chi connectivity index (χ2n) is 12.9. The molecule has 3 nitrogen and oxygen atoms in total. The summed E-state index contributed by atoms with van der Waals surface area (Å²) in [7, 11) is 0. The van der Waals surface area contributed by atoms with Gasteiger partial charge in [-0.2, -0.15) is 0 Å². The lowest BCUT2D eigenvalue weighted by atomic mass is 9.96. The van der Waals surface area contributed by atoms with Crippen LogP contribution in [0.1, 0.15) is 0 Å². The molecule has 0 unspecified atom stereocenters. The first-order valence-electron chi connectivity index (χ1n) is 16.7. The predicted molar refractivity (Wildman–Crippen MR) is 203 cm³/mol. The highest BCUT2D eigenvalue weighted by Gasteiger charge is 2.22. The van der Waals surface area contributed by atoms with E-state index in [4.69, 9.17) is 14.4 Å². The summed E-state index contributed by atoms with van der Waals surface area (Å²) in [4.78, 5) is 10.5. The number of aromatic nitrogens is 2. The fraction of sp³-hybridized carbons (Fsp3) is 0. The molecule has 3 heterocycles. The maximum Gasteiger partial charge on any atom is 0.135 e. The molecule has 1 aliphatic rings. The van der Waals surface area contributed by atoms with Crippen LogP contribution < -0.4 is 0 Å². The van der Waals surface area contributed by atoms with Crippen LogP contribution in [0.2, 0.25) is 0 Å². The number of pyridine rings is 2. The molecule has 0 radical (unpaired) electrons. The highest BCUT2D eigenvalue weighted by Crippen LogP contribution is 2.49. The van der Waals surface area contributed by atoms with E-state index in [1.807, 2.05) is 12.1 Å². The smallest absolute Gasteiger partial charge is 0.135 e. The third-order valence-corrected chi connectivity index (χ3v) is 10.2. The lowest BCUT2D eigenvalue weighted by molar-refractivity contribution is 0.669. The first kappa shape index (κ1) is 26.5. The van der Waals surface area contributed by atoms with Crippen molar-refractivity contribution in [2.75, 3.05) is 0 Å². The molecule has 226 valence electrons. The van der Waals surface area contributed by atoms with Gasteiger partial charge >= 0.3 is 0 Å².